The Labute approximate surface area is 87.7 Å². The van der Waals surface area contributed by atoms with Crippen LogP contribution in [0.3, 0.4) is 0 Å². The normalized spacial score (nSPS) is 21.4. The van der Waals surface area contributed by atoms with Crippen LogP contribution in [-0.4, -0.2) is 23.9 Å². The van der Waals surface area contributed by atoms with Crippen LogP contribution in [0.4, 0.5) is 0 Å². The quantitative estimate of drug-likeness (QED) is 0.739. The Morgan fingerprint density at radius 1 is 1.29 bits per heavy atom. The van der Waals surface area contributed by atoms with Crippen LogP contribution in [0.15, 0.2) is 0 Å². The highest BCUT2D eigenvalue weighted by Gasteiger charge is 2.40. The number of hydrogen-bond acceptors (Lipinski definition) is 2. The van der Waals surface area contributed by atoms with Crippen molar-refractivity contribution in [3.63, 3.8) is 0 Å². The molecule has 0 amide bonds. The van der Waals surface area contributed by atoms with Crippen LogP contribution in [0, 0.1) is 5.92 Å². The molecule has 0 heterocycles. The lowest BCUT2D eigenvalue weighted by atomic mass is 9.82. The van der Waals surface area contributed by atoms with E-state index in [0.717, 1.165) is 12.8 Å². The summed E-state index contributed by atoms with van der Waals surface area (Å²) in [5.74, 6) is 0.467. The van der Waals surface area contributed by atoms with Crippen molar-refractivity contribution in [2.24, 2.45) is 5.92 Å². The fraction of sp³-hybridized carbons (Fsp3) is 1.00. The molecule has 1 rings (SSSR count). The SMILES string of the molecule is CCC(CC)(OC)C(O)C1CCCC1. The predicted molar refractivity (Wildman–Crippen MR) is 58.3 cm³/mol. The lowest BCUT2D eigenvalue weighted by Crippen LogP contribution is -2.46. The van der Waals surface area contributed by atoms with Gasteiger partial charge >= 0.3 is 0 Å². The van der Waals surface area contributed by atoms with E-state index >= 15 is 0 Å². The maximum Gasteiger partial charge on any atom is 0.0933 e. The fourth-order valence-electron chi connectivity index (χ4n) is 2.78. The molecule has 0 saturated heterocycles. The fourth-order valence-corrected chi connectivity index (χ4v) is 2.78. The van der Waals surface area contributed by atoms with Crippen molar-refractivity contribution in [1.82, 2.24) is 0 Å². The Morgan fingerprint density at radius 2 is 1.79 bits per heavy atom. The first-order valence-electron chi connectivity index (χ1n) is 5.93. The van der Waals surface area contributed by atoms with E-state index in [0.29, 0.717) is 5.92 Å². The Hall–Kier alpha value is -0.0800. The molecule has 1 atom stereocenters. The zero-order valence-corrected chi connectivity index (χ0v) is 9.75. The Bertz CT molecular complexity index is 149. The minimum atomic E-state index is -0.297. The minimum Gasteiger partial charge on any atom is -0.390 e. The van der Waals surface area contributed by atoms with Crippen LogP contribution in [0.5, 0.6) is 0 Å². The van der Waals surface area contributed by atoms with Gasteiger partial charge in [-0.3, -0.25) is 0 Å². The molecule has 0 aromatic heterocycles. The van der Waals surface area contributed by atoms with Gasteiger partial charge < -0.3 is 9.84 Å². The molecule has 0 aromatic carbocycles. The van der Waals surface area contributed by atoms with Gasteiger partial charge in [0.1, 0.15) is 0 Å². The first-order chi connectivity index (χ1) is 6.70. The van der Waals surface area contributed by atoms with Crippen LogP contribution in [0.2, 0.25) is 0 Å². The van der Waals surface area contributed by atoms with Gasteiger partial charge in [0.25, 0.3) is 0 Å². The molecule has 2 nitrogen and oxygen atoms in total. The number of hydrogen-bond donors (Lipinski definition) is 1. The molecule has 84 valence electrons. The molecule has 1 aliphatic rings. The number of ether oxygens (including phenoxy) is 1. The van der Waals surface area contributed by atoms with Crippen molar-refractivity contribution in [3.05, 3.63) is 0 Å². The molecule has 1 aliphatic carbocycles. The van der Waals surface area contributed by atoms with Gasteiger partial charge in [0.05, 0.1) is 11.7 Å². The monoisotopic (exact) mass is 200 g/mol. The Balaban J connectivity index is 2.65. The molecule has 0 aromatic rings. The Kier molecular flexibility index (Phi) is 4.39. The Morgan fingerprint density at radius 3 is 2.14 bits per heavy atom. The maximum atomic E-state index is 10.3. The van der Waals surface area contributed by atoms with Crippen LogP contribution >= 0.6 is 0 Å². The van der Waals surface area contributed by atoms with Crippen LogP contribution in [-0.2, 0) is 4.74 Å². The van der Waals surface area contributed by atoms with Crippen LogP contribution in [0.1, 0.15) is 52.4 Å². The van der Waals surface area contributed by atoms with Crippen molar-refractivity contribution in [2.75, 3.05) is 7.11 Å². The summed E-state index contributed by atoms with van der Waals surface area (Å²) >= 11 is 0. The predicted octanol–water partition coefficient (Wildman–Crippen LogP) is 2.74. The second-order valence-corrected chi connectivity index (χ2v) is 4.47. The van der Waals surface area contributed by atoms with Gasteiger partial charge in [-0.25, -0.2) is 0 Å². The lowest BCUT2D eigenvalue weighted by molar-refractivity contribution is -0.127. The smallest absolute Gasteiger partial charge is 0.0933 e. The minimum absolute atomic E-state index is 0.273. The van der Waals surface area contributed by atoms with Crippen LogP contribution in [0.25, 0.3) is 0 Å². The topological polar surface area (TPSA) is 29.5 Å². The van der Waals surface area contributed by atoms with E-state index in [1.54, 1.807) is 7.11 Å². The molecule has 1 unspecified atom stereocenters. The molecule has 1 N–H and O–H groups in total. The summed E-state index contributed by atoms with van der Waals surface area (Å²) in [5.41, 5.74) is -0.297. The third-order valence-corrected chi connectivity index (χ3v) is 3.99. The summed E-state index contributed by atoms with van der Waals surface area (Å²) in [4.78, 5) is 0. The average Bonchev–Trinajstić information content (AvgIpc) is 2.74. The van der Waals surface area contributed by atoms with E-state index in [1.807, 2.05) is 0 Å². The second-order valence-electron chi connectivity index (χ2n) is 4.47. The molecule has 1 fully saturated rings. The molecule has 0 aliphatic heterocycles. The van der Waals surface area contributed by atoms with Crippen molar-refractivity contribution in [3.8, 4) is 0 Å². The van der Waals surface area contributed by atoms with Crippen molar-refractivity contribution >= 4 is 0 Å². The average molecular weight is 200 g/mol. The van der Waals surface area contributed by atoms with E-state index in [-0.39, 0.29) is 11.7 Å². The van der Waals surface area contributed by atoms with E-state index in [9.17, 15) is 5.11 Å². The summed E-state index contributed by atoms with van der Waals surface area (Å²) in [5, 5.41) is 10.3. The molecule has 2 heteroatoms. The van der Waals surface area contributed by atoms with Gasteiger partial charge in [0.15, 0.2) is 0 Å². The highest BCUT2D eigenvalue weighted by atomic mass is 16.5. The summed E-state index contributed by atoms with van der Waals surface area (Å²) in [6, 6.07) is 0. The molecule has 0 bridgehead atoms. The largest absolute Gasteiger partial charge is 0.390 e. The molecule has 1 saturated carbocycles. The van der Waals surface area contributed by atoms with E-state index in [1.165, 1.54) is 25.7 Å². The molecule has 14 heavy (non-hydrogen) atoms. The van der Waals surface area contributed by atoms with E-state index in [4.69, 9.17) is 4.74 Å². The van der Waals surface area contributed by atoms with Gasteiger partial charge in [-0.05, 0) is 31.6 Å². The maximum absolute atomic E-state index is 10.3. The first kappa shape index (κ1) is 12.0. The second kappa shape index (κ2) is 5.13. The summed E-state index contributed by atoms with van der Waals surface area (Å²) in [7, 11) is 1.73. The number of aliphatic hydroxyl groups excluding tert-OH is 1. The highest BCUT2D eigenvalue weighted by molar-refractivity contribution is 4.91. The summed E-state index contributed by atoms with van der Waals surface area (Å²) in [6.45, 7) is 4.20. The van der Waals surface area contributed by atoms with Gasteiger partial charge in [-0.2, -0.15) is 0 Å². The number of rotatable bonds is 5. The van der Waals surface area contributed by atoms with Gasteiger partial charge in [0, 0.05) is 7.11 Å². The number of methoxy groups -OCH3 is 1. The zero-order valence-electron chi connectivity index (χ0n) is 9.75. The van der Waals surface area contributed by atoms with Crippen molar-refractivity contribution in [2.45, 2.75) is 64.1 Å². The van der Waals surface area contributed by atoms with Crippen molar-refractivity contribution < 1.29 is 9.84 Å². The van der Waals surface area contributed by atoms with E-state index in [2.05, 4.69) is 13.8 Å². The standard InChI is InChI=1S/C12H24O2/c1-4-12(5-2,14-3)11(13)10-8-6-7-9-10/h10-11,13H,4-9H2,1-3H3. The number of aliphatic hydroxyl groups is 1. The van der Waals surface area contributed by atoms with Gasteiger partial charge in [-0.1, -0.05) is 26.7 Å². The van der Waals surface area contributed by atoms with Crippen molar-refractivity contribution in [1.29, 1.82) is 0 Å². The van der Waals surface area contributed by atoms with Crippen LogP contribution < -0.4 is 0 Å². The zero-order chi connectivity index (χ0) is 10.6. The molecule has 0 radical (unpaired) electrons. The lowest BCUT2D eigenvalue weighted by Gasteiger charge is -2.38. The third kappa shape index (κ3) is 2.12. The summed E-state index contributed by atoms with van der Waals surface area (Å²) < 4.78 is 5.56. The molecule has 0 spiro atoms. The van der Waals surface area contributed by atoms with Gasteiger partial charge in [0.2, 0.25) is 0 Å². The van der Waals surface area contributed by atoms with E-state index < -0.39 is 0 Å². The first-order valence-corrected chi connectivity index (χ1v) is 5.93. The summed E-state index contributed by atoms with van der Waals surface area (Å²) in [6.07, 6.45) is 6.42. The van der Waals surface area contributed by atoms with Gasteiger partial charge in [-0.15, -0.1) is 0 Å². The third-order valence-electron chi connectivity index (χ3n) is 3.99. The highest BCUT2D eigenvalue weighted by Crippen LogP contribution is 2.36. The molecular formula is C12H24O2. The molecular weight excluding hydrogens is 176 g/mol.